The van der Waals surface area contributed by atoms with E-state index < -0.39 is 23.5 Å². The Kier molecular flexibility index (Phi) is 6.54. The summed E-state index contributed by atoms with van der Waals surface area (Å²) in [6.07, 6.45) is 0. The molecule has 0 saturated carbocycles. The molecule has 1 amide bonds. The Hall–Kier alpha value is -2.15. The molecule has 0 radical (unpaired) electrons. The zero-order chi connectivity index (χ0) is 20.3. The molecule has 1 saturated heterocycles. The molecule has 148 valence electrons. The first-order valence-electron chi connectivity index (χ1n) is 9.37. The quantitative estimate of drug-likeness (QED) is 0.421. The van der Waals surface area contributed by atoms with Gasteiger partial charge in [-0.05, 0) is 43.0 Å². The van der Waals surface area contributed by atoms with E-state index in [1.165, 1.54) is 16.2 Å². The van der Waals surface area contributed by atoms with Gasteiger partial charge in [0.05, 0.1) is 32.2 Å². The number of halogens is 1. The Balaban J connectivity index is 2.03. The summed E-state index contributed by atoms with van der Waals surface area (Å²) in [5.41, 5.74) is 0.391. The maximum Gasteiger partial charge on any atom is 0.295 e. The summed E-state index contributed by atoms with van der Waals surface area (Å²) in [5.74, 6) is -1.71. The van der Waals surface area contributed by atoms with Gasteiger partial charge in [0, 0.05) is 15.5 Å². The second kappa shape index (κ2) is 8.90. The molecule has 1 fully saturated rings. The van der Waals surface area contributed by atoms with E-state index in [9.17, 15) is 14.7 Å². The highest BCUT2D eigenvalue weighted by atomic mass is 35.5. The van der Waals surface area contributed by atoms with Crippen molar-refractivity contribution in [1.29, 1.82) is 0 Å². The van der Waals surface area contributed by atoms with E-state index in [1.807, 2.05) is 17.5 Å². The molecular formula is C21H23ClN2O3S. The zero-order valence-corrected chi connectivity index (χ0v) is 17.5. The number of hydrogen-bond acceptors (Lipinski definition) is 4. The first-order valence-corrected chi connectivity index (χ1v) is 10.6. The number of quaternary nitrogens is 1. The molecule has 7 heteroatoms. The minimum absolute atomic E-state index is 0.0318. The third kappa shape index (κ3) is 3.99. The smallest absolute Gasteiger partial charge is 0.295 e. The monoisotopic (exact) mass is 418 g/mol. The zero-order valence-electron chi connectivity index (χ0n) is 15.9. The standard InChI is InChI=1S/C21H23ClN2O3S/c1-3-23(4-2)11-12-24-18(16-6-5-13-28-16)17(20(26)21(24)27)19(25)14-7-9-15(22)10-8-14/h5-10,13,18,25H,3-4,11-12H2,1-2H3. The van der Waals surface area contributed by atoms with E-state index in [0.29, 0.717) is 17.1 Å². The topological polar surface area (TPSA) is 64.9 Å². The molecule has 1 aliphatic rings. The maximum absolute atomic E-state index is 13.1. The molecule has 3 rings (SSSR count). The minimum Gasteiger partial charge on any atom is -0.872 e. The van der Waals surface area contributed by atoms with E-state index >= 15 is 0 Å². The van der Waals surface area contributed by atoms with Gasteiger partial charge >= 0.3 is 0 Å². The SMILES string of the molecule is CC[NH+](CC)CCN1C(=O)C(=O)C(=C([O-])c2ccc(Cl)cc2)C1c1cccs1. The van der Waals surface area contributed by atoms with Crippen LogP contribution in [0.4, 0.5) is 0 Å². The second-order valence-corrected chi connectivity index (χ2v) is 8.12. The van der Waals surface area contributed by atoms with Crippen LogP contribution in [0.15, 0.2) is 47.4 Å². The Labute approximate surface area is 173 Å². The number of carbonyl (C=O) groups is 2. The van der Waals surface area contributed by atoms with Crippen LogP contribution in [-0.4, -0.2) is 42.8 Å². The number of hydrogen-bond donors (Lipinski definition) is 1. The Bertz CT molecular complexity index is 874. The summed E-state index contributed by atoms with van der Waals surface area (Å²) < 4.78 is 0. The molecular weight excluding hydrogens is 396 g/mol. The number of nitrogens with zero attached hydrogens (tertiary/aromatic N) is 1. The van der Waals surface area contributed by atoms with Crippen molar-refractivity contribution in [2.75, 3.05) is 26.2 Å². The highest BCUT2D eigenvalue weighted by molar-refractivity contribution is 7.10. The van der Waals surface area contributed by atoms with Crippen LogP contribution in [0.1, 0.15) is 30.3 Å². The van der Waals surface area contributed by atoms with Crippen molar-refractivity contribution < 1.29 is 19.6 Å². The van der Waals surface area contributed by atoms with Crippen LogP contribution in [0.3, 0.4) is 0 Å². The van der Waals surface area contributed by atoms with E-state index in [4.69, 9.17) is 11.6 Å². The van der Waals surface area contributed by atoms with Crippen molar-refractivity contribution in [1.82, 2.24) is 4.90 Å². The van der Waals surface area contributed by atoms with Crippen LogP contribution < -0.4 is 10.0 Å². The number of carbonyl (C=O) groups excluding carboxylic acids is 2. The van der Waals surface area contributed by atoms with Crippen LogP contribution >= 0.6 is 22.9 Å². The Morgan fingerprint density at radius 2 is 1.86 bits per heavy atom. The molecule has 1 N–H and O–H groups in total. The molecule has 1 aromatic heterocycles. The highest BCUT2D eigenvalue weighted by Crippen LogP contribution is 2.40. The molecule has 2 heterocycles. The molecule has 1 aliphatic heterocycles. The molecule has 1 atom stereocenters. The fourth-order valence-corrected chi connectivity index (χ4v) is 4.45. The third-order valence-corrected chi connectivity index (χ3v) is 6.33. The lowest BCUT2D eigenvalue weighted by molar-refractivity contribution is -0.895. The number of likely N-dealkylation sites (N-methyl/N-ethyl adjacent to an activating group) is 1. The molecule has 0 aliphatic carbocycles. The number of rotatable bonds is 7. The average molecular weight is 419 g/mol. The van der Waals surface area contributed by atoms with Gasteiger partial charge in [-0.3, -0.25) is 9.59 Å². The number of likely N-dealkylation sites (tertiary alicyclic amines) is 1. The fraction of sp³-hybridized carbons (Fsp3) is 0.333. The molecule has 5 nitrogen and oxygen atoms in total. The van der Waals surface area contributed by atoms with Crippen molar-refractivity contribution in [2.24, 2.45) is 0 Å². The van der Waals surface area contributed by atoms with Crippen LogP contribution in [-0.2, 0) is 9.59 Å². The lowest BCUT2D eigenvalue weighted by Gasteiger charge is -2.27. The van der Waals surface area contributed by atoms with Gasteiger partial charge in [-0.1, -0.05) is 35.6 Å². The third-order valence-electron chi connectivity index (χ3n) is 5.15. The van der Waals surface area contributed by atoms with Gasteiger partial charge in [-0.15, -0.1) is 11.3 Å². The van der Waals surface area contributed by atoms with Gasteiger partial charge in [0.1, 0.15) is 0 Å². The van der Waals surface area contributed by atoms with Crippen molar-refractivity contribution in [3.63, 3.8) is 0 Å². The fourth-order valence-electron chi connectivity index (χ4n) is 3.48. The number of ketones is 1. The summed E-state index contributed by atoms with van der Waals surface area (Å²) in [6.45, 7) is 7.23. The van der Waals surface area contributed by atoms with E-state index in [-0.39, 0.29) is 5.57 Å². The summed E-state index contributed by atoms with van der Waals surface area (Å²) >= 11 is 7.36. The van der Waals surface area contributed by atoms with Crippen molar-refractivity contribution >= 4 is 40.4 Å². The molecule has 28 heavy (non-hydrogen) atoms. The number of nitrogens with one attached hydrogen (secondary N) is 1. The van der Waals surface area contributed by atoms with Gasteiger partial charge in [-0.2, -0.15) is 0 Å². The number of Topliss-reactive ketones (excluding diaryl/α,β-unsaturated/α-hetero) is 1. The number of thiophene rings is 1. The largest absolute Gasteiger partial charge is 0.872 e. The average Bonchev–Trinajstić information content (AvgIpc) is 3.31. The van der Waals surface area contributed by atoms with E-state index in [2.05, 4.69) is 13.8 Å². The van der Waals surface area contributed by atoms with Crippen molar-refractivity contribution in [3.05, 3.63) is 62.8 Å². The summed E-state index contributed by atoms with van der Waals surface area (Å²) in [6, 6.07) is 9.50. The molecule has 1 aromatic carbocycles. The lowest BCUT2D eigenvalue weighted by atomic mass is 10.00. The Morgan fingerprint density at radius 1 is 1.18 bits per heavy atom. The second-order valence-electron chi connectivity index (χ2n) is 6.70. The van der Waals surface area contributed by atoms with Gasteiger partial charge < -0.3 is 14.9 Å². The van der Waals surface area contributed by atoms with Crippen LogP contribution in [0.2, 0.25) is 5.02 Å². The van der Waals surface area contributed by atoms with Gasteiger partial charge in [0.2, 0.25) is 5.78 Å². The van der Waals surface area contributed by atoms with Gasteiger partial charge in [0.25, 0.3) is 5.91 Å². The highest BCUT2D eigenvalue weighted by Gasteiger charge is 2.44. The van der Waals surface area contributed by atoms with Gasteiger partial charge in [0.15, 0.2) is 0 Å². The summed E-state index contributed by atoms with van der Waals surface area (Å²) in [7, 11) is 0. The molecule has 1 unspecified atom stereocenters. The van der Waals surface area contributed by atoms with Crippen LogP contribution in [0.5, 0.6) is 0 Å². The van der Waals surface area contributed by atoms with Crippen molar-refractivity contribution in [2.45, 2.75) is 19.9 Å². The normalized spacial score (nSPS) is 19.0. The predicted molar refractivity (Wildman–Crippen MR) is 109 cm³/mol. The number of benzene rings is 1. The summed E-state index contributed by atoms with van der Waals surface area (Å²) in [5, 5.41) is 15.5. The predicted octanol–water partition coefficient (Wildman–Crippen LogP) is 1.55. The van der Waals surface area contributed by atoms with Crippen LogP contribution in [0.25, 0.3) is 5.76 Å². The van der Waals surface area contributed by atoms with Crippen molar-refractivity contribution in [3.8, 4) is 0 Å². The molecule has 0 bridgehead atoms. The lowest BCUT2D eigenvalue weighted by Crippen LogP contribution is -3.12. The van der Waals surface area contributed by atoms with Crippen LogP contribution in [0, 0.1) is 0 Å². The summed E-state index contributed by atoms with van der Waals surface area (Å²) in [4.78, 5) is 29.3. The first-order chi connectivity index (χ1) is 13.5. The first kappa shape index (κ1) is 20.6. The van der Waals surface area contributed by atoms with Gasteiger partial charge in [-0.25, -0.2) is 0 Å². The minimum atomic E-state index is -0.701. The van der Waals surface area contributed by atoms with E-state index in [0.717, 1.165) is 24.5 Å². The molecule has 0 spiro atoms. The Morgan fingerprint density at radius 3 is 2.43 bits per heavy atom. The van der Waals surface area contributed by atoms with E-state index in [1.54, 1.807) is 29.2 Å². The maximum atomic E-state index is 13.1. The number of amides is 1. The molecule has 2 aromatic rings.